The van der Waals surface area contributed by atoms with Gasteiger partial charge in [-0.05, 0) is 50.5 Å². The summed E-state index contributed by atoms with van der Waals surface area (Å²) in [5.74, 6) is 0.157. The van der Waals surface area contributed by atoms with E-state index in [1.165, 1.54) is 0 Å². The molecule has 164 valence electrons. The van der Waals surface area contributed by atoms with Crippen molar-refractivity contribution in [1.82, 2.24) is 20.8 Å². The lowest BCUT2D eigenvalue weighted by Gasteiger charge is -2.31. The summed E-state index contributed by atoms with van der Waals surface area (Å²) in [4.78, 5) is 8.80. The van der Waals surface area contributed by atoms with Crippen molar-refractivity contribution >= 4 is 17.6 Å². The molecule has 2 N–H and O–H groups in total. The van der Waals surface area contributed by atoms with Crippen molar-refractivity contribution in [2.75, 3.05) is 13.1 Å². The summed E-state index contributed by atoms with van der Waals surface area (Å²) in [7, 11) is 0. The first kappa shape index (κ1) is 22.4. The summed E-state index contributed by atoms with van der Waals surface area (Å²) >= 11 is 5.88. The van der Waals surface area contributed by atoms with E-state index < -0.39 is 12.1 Å². The van der Waals surface area contributed by atoms with Crippen LogP contribution in [0.25, 0.3) is 11.4 Å². The summed E-state index contributed by atoms with van der Waals surface area (Å²) < 4.78 is 44.4. The largest absolute Gasteiger partial charge is 0.391 e. The standard InChI is InChI=1S/C20H25ClF3N5O/c1-2-25-19(27-16-5-3-4-14(12-16)20(22,23)24)26-11-10-17-28-18(29-30-17)13-6-8-15(21)9-7-13/h6-9,14,16H,2-5,10-12H2,1H3,(H2,25,26,27). The SMILES string of the molecule is CCNC(=NCCc1nc(-c2ccc(Cl)cc2)no1)NC1CCCC(C(F)(F)F)C1. The molecule has 0 amide bonds. The fourth-order valence-corrected chi connectivity index (χ4v) is 3.59. The van der Waals surface area contributed by atoms with Crippen LogP contribution in [0.3, 0.4) is 0 Å². The van der Waals surface area contributed by atoms with Crippen LogP contribution in [-0.4, -0.2) is 41.4 Å². The van der Waals surface area contributed by atoms with Crippen molar-refractivity contribution in [3.8, 4) is 11.4 Å². The molecule has 1 fully saturated rings. The zero-order valence-electron chi connectivity index (χ0n) is 16.7. The second kappa shape index (κ2) is 10.1. The monoisotopic (exact) mass is 443 g/mol. The predicted molar refractivity (Wildman–Crippen MR) is 109 cm³/mol. The normalized spacial score (nSPS) is 20.2. The predicted octanol–water partition coefficient (Wildman–Crippen LogP) is 4.61. The first-order valence-corrected chi connectivity index (χ1v) is 10.4. The fourth-order valence-electron chi connectivity index (χ4n) is 3.47. The number of halogens is 4. The van der Waals surface area contributed by atoms with Crippen LogP contribution < -0.4 is 10.6 Å². The summed E-state index contributed by atoms with van der Waals surface area (Å²) in [5.41, 5.74) is 0.796. The number of hydrogen-bond donors (Lipinski definition) is 2. The maximum atomic E-state index is 13.0. The molecule has 10 heteroatoms. The van der Waals surface area contributed by atoms with Crippen molar-refractivity contribution in [2.45, 2.75) is 51.2 Å². The number of alkyl halides is 3. The number of nitrogens with zero attached hydrogens (tertiary/aromatic N) is 3. The van der Waals surface area contributed by atoms with Crippen LogP contribution in [0.15, 0.2) is 33.8 Å². The van der Waals surface area contributed by atoms with Crippen LogP contribution in [0.1, 0.15) is 38.5 Å². The molecule has 3 rings (SSSR count). The van der Waals surface area contributed by atoms with Crippen molar-refractivity contribution < 1.29 is 17.7 Å². The number of aliphatic imine (C=N–C) groups is 1. The van der Waals surface area contributed by atoms with E-state index in [1.807, 2.05) is 6.92 Å². The minimum Gasteiger partial charge on any atom is -0.357 e. The molecule has 2 aromatic rings. The third-order valence-electron chi connectivity index (χ3n) is 4.99. The Morgan fingerprint density at radius 3 is 2.73 bits per heavy atom. The molecule has 0 saturated heterocycles. The maximum Gasteiger partial charge on any atom is 0.391 e. The van der Waals surface area contributed by atoms with E-state index in [0.29, 0.717) is 55.0 Å². The van der Waals surface area contributed by atoms with Crippen LogP contribution in [0.4, 0.5) is 13.2 Å². The van der Waals surface area contributed by atoms with E-state index >= 15 is 0 Å². The molecule has 1 aromatic carbocycles. The molecule has 1 saturated carbocycles. The molecular formula is C20H25ClF3N5O. The van der Waals surface area contributed by atoms with Crippen LogP contribution >= 0.6 is 11.6 Å². The van der Waals surface area contributed by atoms with Crippen molar-refractivity contribution in [3.63, 3.8) is 0 Å². The van der Waals surface area contributed by atoms with Gasteiger partial charge in [0.05, 0.1) is 12.5 Å². The molecule has 1 heterocycles. The van der Waals surface area contributed by atoms with Gasteiger partial charge in [-0.2, -0.15) is 18.2 Å². The lowest BCUT2D eigenvalue weighted by molar-refractivity contribution is -0.183. The van der Waals surface area contributed by atoms with E-state index in [9.17, 15) is 13.2 Å². The van der Waals surface area contributed by atoms with Crippen molar-refractivity contribution in [2.24, 2.45) is 10.9 Å². The smallest absolute Gasteiger partial charge is 0.357 e. The quantitative estimate of drug-likeness (QED) is 0.503. The van der Waals surface area contributed by atoms with Gasteiger partial charge >= 0.3 is 6.18 Å². The summed E-state index contributed by atoms with van der Waals surface area (Å²) in [5, 5.41) is 10.8. The van der Waals surface area contributed by atoms with E-state index in [2.05, 4.69) is 25.8 Å². The van der Waals surface area contributed by atoms with Gasteiger partial charge in [0.25, 0.3) is 0 Å². The molecule has 1 aliphatic rings. The molecule has 0 radical (unpaired) electrons. The number of hydrogen-bond acceptors (Lipinski definition) is 4. The molecule has 1 aromatic heterocycles. The summed E-state index contributed by atoms with van der Waals surface area (Å²) in [6, 6.07) is 6.87. The average Bonchev–Trinajstić information content (AvgIpc) is 3.17. The van der Waals surface area contributed by atoms with Gasteiger partial charge in [-0.1, -0.05) is 23.2 Å². The Morgan fingerprint density at radius 1 is 1.27 bits per heavy atom. The Labute approximate surface area is 178 Å². The third-order valence-corrected chi connectivity index (χ3v) is 5.24. The molecule has 2 unspecified atom stereocenters. The average molecular weight is 444 g/mol. The van der Waals surface area contributed by atoms with Crippen molar-refractivity contribution in [1.29, 1.82) is 0 Å². The third kappa shape index (κ3) is 6.35. The van der Waals surface area contributed by atoms with Gasteiger partial charge in [0.1, 0.15) is 0 Å². The van der Waals surface area contributed by atoms with Crippen molar-refractivity contribution in [3.05, 3.63) is 35.2 Å². The fraction of sp³-hybridized carbons (Fsp3) is 0.550. The minimum atomic E-state index is -4.14. The Hall–Kier alpha value is -2.29. The first-order chi connectivity index (χ1) is 14.3. The highest BCUT2D eigenvalue weighted by Gasteiger charge is 2.42. The Kier molecular flexibility index (Phi) is 7.58. The second-order valence-electron chi connectivity index (χ2n) is 7.28. The first-order valence-electron chi connectivity index (χ1n) is 10.0. The lowest BCUT2D eigenvalue weighted by atomic mass is 9.85. The Bertz CT molecular complexity index is 838. The molecule has 2 atom stereocenters. The topological polar surface area (TPSA) is 75.3 Å². The van der Waals surface area contributed by atoms with Gasteiger partial charge in [0.15, 0.2) is 5.96 Å². The molecule has 0 bridgehead atoms. The van der Waals surface area contributed by atoms with Crippen LogP contribution in [-0.2, 0) is 6.42 Å². The van der Waals surface area contributed by atoms with E-state index in [4.69, 9.17) is 16.1 Å². The second-order valence-corrected chi connectivity index (χ2v) is 7.71. The van der Waals surface area contributed by atoms with Crippen LogP contribution in [0.5, 0.6) is 0 Å². The van der Waals surface area contributed by atoms with Gasteiger partial charge in [0, 0.05) is 29.6 Å². The summed E-state index contributed by atoms with van der Waals surface area (Å²) in [6.45, 7) is 2.89. The molecule has 0 aliphatic heterocycles. The zero-order chi connectivity index (χ0) is 21.6. The van der Waals surface area contributed by atoms with Gasteiger partial charge < -0.3 is 15.2 Å². The van der Waals surface area contributed by atoms with Crippen LogP contribution in [0.2, 0.25) is 5.02 Å². The molecule has 0 spiro atoms. The number of nitrogens with one attached hydrogen (secondary N) is 2. The lowest BCUT2D eigenvalue weighted by Crippen LogP contribution is -2.46. The Morgan fingerprint density at radius 2 is 2.03 bits per heavy atom. The number of benzene rings is 1. The maximum absolute atomic E-state index is 13.0. The van der Waals surface area contributed by atoms with Gasteiger partial charge in [-0.3, -0.25) is 4.99 Å². The van der Waals surface area contributed by atoms with E-state index in [0.717, 1.165) is 5.56 Å². The van der Waals surface area contributed by atoms with Gasteiger partial charge in [-0.25, -0.2) is 0 Å². The highest BCUT2D eigenvalue weighted by atomic mass is 35.5. The van der Waals surface area contributed by atoms with E-state index in [-0.39, 0.29) is 18.9 Å². The number of aromatic nitrogens is 2. The van der Waals surface area contributed by atoms with Gasteiger partial charge in [-0.15, -0.1) is 0 Å². The summed E-state index contributed by atoms with van der Waals surface area (Å²) in [6.07, 6.45) is -2.20. The minimum absolute atomic E-state index is 0.0715. The number of rotatable bonds is 6. The van der Waals surface area contributed by atoms with Crippen LogP contribution in [0, 0.1) is 5.92 Å². The molecule has 30 heavy (non-hydrogen) atoms. The molecule has 1 aliphatic carbocycles. The van der Waals surface area contributed by atoms with E-state index in [1.54, 1.807) is 24.3 Å². The number of guanidine groups is 1. The highest BCUT2D eigenvalue weighted by Crippen LogP contribution is 2.37. The highest BCUT2D eigenvalue weighted by molar-refractivity contribution is 6.30. The molecule has 6 nitrogen and oxygen atoms in total. The molecular weight excluding hydrogens is 419 g/mol. The Balaban J connectivity index is 1.55. The zero-order valence-corrected chi connectivity index (χ0v) is 17.4. The van der Waals surface area contributed by atoms with Gasteiger partial charge in [0.2, 0.25) is 11.7 Å².